The number of benzene rings is 1. The van der Waals surface area contributed by atoms with Gasteiger partial charge in [0.05, 0.1) is 11.8 Å². The molecular weight excluding hydrogens is 243 g/mol. The molecular formula is C15H19FN2O. The number of anilines is 1. The molecule has 0 radical (unpaired) electrons. The fraction of sp³-hybridized carbons (Fsp3) is 0.533. The lowest BCUT2D eigenvalue weighted by atomic mass is 9.95. The van der Waals surface area contributed by atoms with Crippen molar-refractivity contribution < 1.29 is 9.13 Å². The zero-order valence-electron chi connectivity index (χ0n) is 11.3. The summed E-state index contributed by atoms with van der Waals surface area (Å²) in [7, 11) is 0. The molecule has 1 aromatic rings. The number of hydrogen-bond acceptors (Lipinski definition) is 3. The van der Waals surface area contributed by atoms with Gasteiger partial charge in [0.15, 0.2) is 0 Å². The van der Waals surface area contributed by atoms with E-state index in [-0.39, 0.29) is 17.7 Å². The molecule has 1 aliphatic rings. The molecule has 2 atom stereocenters. The molecule has 2 unspecified atom stereocenters. The first-order chi connectivity index (χ1) is 9.11. The largest absolute Gasteiger partial charge is 0.381 e. The lowest BCUT2D eigenvalue weighted by Crippen LogP contribution is -2.36. The maximum atomic E-state index is 13.5. The topological polar surface area (TPSA) is 45.0 Å². The van der Waals surface area contributed by atoms with Gasteiger partial charge in [0, 0.05) is 12.6 Å². The van der Waals surface area contributed by atoms with Crippen LogP contribution in [0.2, 0.25) is 0 Å². The Morgan fingerprint density at radius 2 is 2.26 bits per heavy atom. The normalized spacial score (nSPS) is 23.1. The number of nitriles is 1. The molecule has 102 valence electrons. The van der Waals surface area contributed by atoms with Crippen LogP contribution in [0.25, 0.3) is 0 Å². The molecule has 1 aliphatic heterocycles. The maximum absolute atomic E-state index is 13.5. The maximum Gasteiger partial charge on any atom is 0.143 e. The third kappa shape index (κ3) is 3.24. The summed E-state index contributed by atoms with van der Waals surface area (Å²) in [5.74, 6) is -0.00693. The van der Waals surface area contributed by atoms with Gasteiger partial charge in [0.1, 0.15) is 17.4 Å². The monoisotopic (exact) mass is 262 g/mol. The highest BCUT2D eigenvalue weighted by molar-refractivity contribution is 5.58. The fourth-order valence-electron chi connectivity index (χ4n) is 2.40. The Kier molecular flexibility index (Phi) is 4.39. The van der Waals surface area contributed by atoms with Crippen molar-refractivity contribution in [3.8, 4) is 6.07 Å². The van der Waals surface area contributed by atoms with E-state index in [1.165, 1.54) is 6.07 Å². The molecule has 3 nitrogen and oxygen atoms in total. The second-order valence-corrected chi connectivity index (χ2v) is 5.29. The van der Waals surface area contributed by atoms with Crippen LogP contribution in [-0.4, -0.2) is 18.8 Å². The van der Waals surface area contributed by atoms with Crippen molar-refractivity contribution in [1.29, 1.82) is 5.26 Å². The van der Waals surface area contributed by atoms with Gasteiger partial charge < -0.3 is 10.1 Å². The summed E-state index contributed by atoms with van der Waals surface area (Å²) < 4.78 is 19.2. The number of nitrogens with one attached hydrogen (secondary N) is 1. The minimum atomic E-state index is -0.472. The van der Waals surface area contributed by atoms with Gasteiger partial charge in [0.2, 0.25) is 0 Å². The van der Waals surface area contributed by atoms with E-state index in [1.807, 2.05) is 6.07 Å². The lowest BCUT2D eigenvalue weighted by molar-refractivity contribution is -0.0160. The molecule has 0 aliphatic carbocycles. The van der Waals surface area contributed by atoms with Crippen molar-refractivity contribution in [3.63, 3.8) is 0 Å². The van der Waals surface area contributed by atoms with Gasteiger partial charge in [0.25, 0.3) is 0 Å². The van der Waals surface area contributed by atoms with Crippen molar-refractivity contribution in [2.45, 2.75) is 38.8 Å². The summed E-state index contributed by atoms with van der Waals surface area (Å²) in [4.78, 5) is 0. The van der Waals surface area contributed by atoms with E-state index < -0.39 is 5.82 Å². The predicted molar refractivity (Wildman–Crippen MR) is 72.3 cm³/mol. The summed E-state index contributed by atoms with van der Waals surface area (Å²) >= 11 is 0. The molecule has 1 fully saturated rings. The van der Waals surface area contributed by atoms with E-state index in [1.54, 1.807) is 12.1 Å². The van der Waals surface area contributed by atoms with Crippen molar-refractivity contribution in [3.05, 3.63) is 29.6 Å². The number of halogens is 1. The van der Waals surface area contributed by atoms with Crippen LogP contribution in [0.4, 0.5) is 10.1 Å². The Morgan fingerprint density at radius 1 is 1.47 bits per heavy atom. The van der Waals surface area contributed by atoms with Crippen LogP contribution in [0.5, 0.6) is 0 Å². The summed E-state index contributed by atoms with van der Waals surface area (Å²) in [6.45, 7) is 4.98. The second-order valence-electron chi connectivity index (χ2n) is 5.29. The summed E-state index contributed by atoms with van der Waals surface area (Å²) in [6.07, 6.45) is 1.99. The average Bonchev–Trinajstić information content (AvgIpc) is 2.39. The first-order valence-electron chi connectivity index (χ1n) is 6.68. The Balaban J connectivity index is 2.09. The van der Waals surface area contributed by atoms with E-state index in [2.05, 4.69) is 19.2 Å². The van der Waals surface area contributed by atoms with Gasteiger partial charge in [-0.15, -0.1) is 0 Å². The smallest absolute Gasteiger partial charge is 0.143 e. The minimum Gasteiger partial charge on any atom is -0.381 e. The minimum absolute atomic E-state index is 0.0927. The van der Waals surface area contributed by atoms with Gasteiger partial charge in [-0.05, 0) is 30.9 Å². The molecule has 0 bridgehead atoms. The van der Waals surface area contributed by atoms with Crippen LogP contribution in [0.1, 0.15) is 32.3 Å². The van der Waals surface area contributed by atoms with E-state index in [0.717, 1.165) is 12.8 Å². The van der Waals surface area contributed by atoms with Crippen LogP contribution >= 0.6 is 0 Å². The summed E-state index contributed by atoms with van der Waals surface area (Å²) in [5, 5.41) is 12.3. The van der Waals surface area contributed by atoms with Crippen molar-refractivity contribution in [2.24, 2.45) is 5.92 Å². The molecule has 19 heavy (non-hydrogen) atoms. The molecule has 1 aromatic carbocycles. The van der Waals surface area contributed by atoms with Gasteiger partial charge in [-0.3, -0.25) is 0 Å². The highest BCUT2D eigenvalue weighted by atomic mass is 19.1. The zero-order valence-corrected chi connectivity index (χ0v) is 11.3. The Bertz CT molecular complexity index is 482. The van der Waals surface area contributed by atoms with Gasteiger partial charge in [-0.1, -0.05) is 19.9 Å². The van der Waals surface area contributed by atoms with Crippen molar-refractivity contribution >= 4 is 5.69 Å². The SMILES string of the molecule is CC(C)C1CC(Nc2cccc(F)c2C#N)CCO1. The highest BCUT2D eigenvalue weighted by Gasteiger charge is 2.25. The van der Waals surface area contributed by atoms with E-state index >= 15 is 0 Å². The Hall–Kier alpha value is -1.60. The van der Waals surface area contributed by atoms with E-state index in [9.17, 15) is 4.39 Å². The molecule has 0 spiro atoms. The number of nitrogens with zero attached hydrogens (tertiary/aromatic N) is 1. The highest BCUT2D eigenvalue weighted by Crippen LogP contribution is 2.25. The molecule has 4 heteroatoms. The number of ether oxygens (including phenoxy) is 1. The third-order valence-electron chi connectivity index (χ3n) is 3.54. The van der Waals surface area contributed by atoms with Crippen LogP contribution in [0, 0.1) is 23.1 Å². The van der Waals surface area contributed by atoms with Gasteiger partial charge >= 0.3 is 0 Å². The molecule has 1 heterocycles. The lowest BCUT2D eigenvalue weighted by Gasteiger charge is -2.33. The average molecular weight is 262 g/mol. The van der Waals surface area contributed by atoms with E-state index in [4.69, 9.17) is 10.00 Å². The quantitative estimate of drug-likeness (QED) is 0.909. The summed E-state index contributed by atoms with van der Waals surface area (Å²) in [5.41, 5.74) is 0.673. The first kappa shape index (κ1) is 13.8. The van der Waals surface area contributed by atoms with Crippen LogP contribution in [0.3, 0.4) is 0 Å². The fourth-order valence-corrected chi connectivity index (χ4v) is 2.40. The van der Waals surface area contributed by atoms with Crippen molar-refractivity contribution in [2.75, 3.05) is 11.9 Å². The van der Waals surface area contributed by atoms with Gasteiger partial charge in [-0.2, -0.15) is 5.26 Å². The number of rotatable bonds is 3. The molecule has 1 N–H and O–H groups in total. The zero-order chi connectivity index (χ0) is 13.8. The third-order valence-corrected chi connectivity index (χ3v) is 3.54. The molecule has 0 amide bonds. The Morgan fingerprint density at radius 3 is 2.95 bits per heavy atom. The standard InChI is InChI=1S/C15H19FN2O/c1-10(2)15-8-11(6-7-19-15)18-14-5-3-4-13(16)12(14)9-17/h3-5,10-11,15,18H,6-8H2,1-2H3. The number of hydrogen-bond donors (Lipinski definition) is 1. The van der Waals surface area contributed by atoms with Crippen LogP contribution in [-0.2, 0) is 4.74 Å². The molecule has 2 rings (SSSR count). The first-order valence-corrected chi connectivity index (χ1v) is 6.68. The van der Waals surface area contributed by atoms with Gasteiger partial charge in [-0.25, -0.2) is 4.39 Å². The predicted octanol–water partition coefficient (Wildman–Crippen LogP) is 3.31. The van der Waals surface area contributed by atoms with E-state index in [0.29, 0.717) is 18.2 Å². The summed E-state index contributed by atoms with van der Waals surface area (Å²) in [6, 6.07) is 6.83. The van der Waals surface area contributed by atoms with Crippen LogP contribution < -0.4 is 5.32 Å². The van der Waals surface area contributed by atoms with Crippen molar-refractivity contribution in [1.82, 2.24) is 0 Å². The molecule has 0 aromatic heterocycles. The molecule has 0 saturated carbocycles. The van der Waals surface area contributed by atoms with Crippen LogP contribution in [0.15, 0.2) is 18.2 Å². The molecule has 1 saturated heterocycles. The second kappa shape index (κ2) is 6.03. The Labute approximate surface area is 113 Å².